The largest absolute Gasteiger partial charge is 0.346 e. The Morgan fingerprint density at radius 3 is 2.29 bits per heavy atom. The third-order valence-corrected chi connectivity index (χ3v) is 4.87. The van der Waals surface area contributed by atoms with Crippen LogP contribution in [0.1, 0.15) is 5.56 Å². The highest BCUT2D eigenvalue weighted by atomic mass is 32.1. The summed E-state index contributed by atoms with van der Waals surface area (Å²) < 4.78 is 2.73. The number of hydrogen-bond donors (Lipinski definition) is 0. The minimum absolute atomic E-state index is 0.253. The zero-order chi connectivity index (χ0) is 16.5. The molecule has 118 valence electrons. The second kappa shape index (κ2) is 5.94. The lowest BCUT2D eigenvalue weighted by Gasteiger charge is -2.03. The highest BCUT2D eigenvalue weighted by Crippen LogP contribution is 2.18. The van der Waals surface area contributed by atoms with Crippen LogP contribution >= 0.6 is 11.5 Å². The summed E-state index contributed by atoms with van der Waals surface area (Å²) in [4.78, 5) is 24.7. The molecule has 5 heteroatoms. The van der Waals surface area contributed by atoms with Crippen LogP contribution in [0.4, 0.5) is 0 Å². The molecule has 0 amide bonds. The lowest BCUT2D eigenvalue weighted by molar-refractivity contribution is 0.723. The quantitative estimate of drug-likeness (QED) is 0.577. The van der Waals surface area contributed by atoms with Gasteiger partial charge in [0, 0.05) is 11.5 Å². The summed E-state index contributed by atoms with van der Waals surface area (Å²) in [5, 5.41) is 2.14. The molecule has 0 aliphatic heterocycles. The first-order chi connectivity index (χ1) is 11.7. The van der Waals surface area contributed by atoms with Gasteiger partial charge in [-0.2, -0.15) is 0 Å². The molecule has 0 radical (unpaired) electrons. The number of fused-ring (bicyclic) bond motifs is 1. The van der Waals surface area contributed by atoms with Crippen LogP contribution in [-0.4, -0.2) is 8.52 Å². The zero-order valence-corrected chi connectivity index (χ0v) is 13.6. The van der Waals surface area contributed by atoms with Crippen molar-refractivity contribution in [1.82, 2.24) is 8.52 Å². The van der Waals surface area contributed by atoms with Crippen molar-refractivity contribution in [2.75, 3.05) is 0 Å². The van der Waals surface area contributed by atoms with E-state index in [2.05, 4.69) is 0 Å². The minimum Gasteiger partial charge on any atom is -0.255 e. The van der Waals surface area contributed by atoms with E-state index in [1.807, 2.05) is 72.8 Å². The van der Waals surface area contributed by atoms with Gasteiger partial charge in [0.25, 0.3) is 0 Å². The summed E-state index contributed by atoms with van der Waals surface area (Å²) in [6, 6.07) is 23.2. The normalized spacial score (nSPS) is 11.0. The minimum atomic E-state index is -0.302. The van der Waals surface area contributed by atoms with Crippen molar-refractivity contribution in [2.45, 2.75) is 6.54 Å². The van der Waals surface area contributed by atoms with Crippen molar-refractivity contribution >= 4 is 22.3 Å². The summed E-state index contributed by atoms with van der Waals surface area (Å²) in [5.74, 6) is 0. The van der Waals surface area contributed by atoms with E-state index >= 15 is 0 Å². The van der Waals surface area contributed by atoms with Crippen LogP contribution in [0.3, 0.4) is 0 Å². The van der Waals surface area contributed by atoms with Crippen LogP contribution in [-0.2, 0) is 6.54 Å². The third kappa shape index (κ3) is 2.59. The molecular formula is C19H14N2O2S. The second-order valence-corrected chi connectivity index (χ2v) is 6.43. The predicted octanol–water partition coefficient (Wildman–Crippen LogP) is 3.26. The molecule has 24 heavy (non-hydrogen) atoms. The van der Waals surface area contributed by atoms with Crippen molar-refractivity contribution in [3.8, 4) is 5.69 Å². The van der Waals surface area contributed by atoms with Gasteiger partial charge in [-0.3, -0.25) is 4.79 Å². The number of rotatable bonds is 3. The molecule has 0 bridgehead atoms. The SMILES string of the molecule is O=c1sn(-c2ccc3ccccc3c2)c(=O)n1Cc1ccccc1. The Morgan fingerprint density at radius 2 is 1.50 bits per heavy atom. The fraction of sp³-hybridized carbons (Fsp3) is 0.0526. The first-order valence-electron chi connectivity index (χ1n) is 7.59. The van der Waals surface area contributed by atoms with E-state index < -0.39 is 0 Å². The van der Waals surface area contributed by atoms with Gasteiger partial charge in [-0.1, -0.05) is 60.7 Å². The Morgan fingerprint density at radius 1 is 0.792 bits per heavy atom. The third-order valence-electron chi connectivity index (χ3n) is 3.95. The molecule has 0 saturated carbocycles. The Labute approximate surface area is 142 Å². The summed E-state index contributed by atoms with van der Waals surface area (Å²) >= 11 is 0.933. The van der Waals surface area contributed by atoms with Crippen LogP contribution in [0, 0.1) is 0 Å². The van der Waals surface area contributed by atoms with Crippen LogP contribution in [0.5, 0.6) is 0 Å². The average Bonchev–Trinajstić information content (AvgIpc) is 2.90. The van der Waals surface area contributed by atoms with Crippen LogP contribution in [0.15, 0.2) is 82.4 Å². The maximum absolute atomic E-state index is 12.7. The van der Waals surface area contributed by atoms with E-state index in [9.17, 15) is 9.59 Å². The van der Waals surface area contributed by atoms with Gasteiger partial charge in [-0.15, -0.1) is 0 Å². The number of benzene rings is 3. The summed E-state index contributed by atoms with van der Waals surface area (Å²) in [7, 11) is 0. The van der Waals surface area contributed by atoms with E-state index in [1.54, 1.807) is 0 Å². The Bertz CT molecular complexity index is 1120. The monoisotopic (exact) mass is 334 g/mol. The Balaban J connectivity index is 1.80. The van der Waals surface area contributed by atoms with Gasteiger partial charge in [0.1, 0.15) is 0 Å². The molecule has 0 spiro atoms. The number of hydrogen-bond acceptors (Lipinski definition) is 3. The molecule has 0 fully saturated rings. The van der Waals surface area contributed by atoms with Gasteiger partial charge in [0.15, 0.2) is 0 Å². The zero-order valence-electron chi connectivity index (χ0n) is 12.8. The van der Waals surface area contributed by atoms with E-state index in [4.69, 9.17) is 0 Å². The van der Waals surface area contributed by atoms with E-state index in [1.165, 1.54) is 8.52 Å². The second-order valence-electron chi connectivity index (χ2n) is 5.54. The molecule has 4 rings (SSSR count). The van der Waals surface area contributed by atoms with Crippen molar-refractivity contribution < 1.29 is 0 Å². The van der Waals surface area contributed by atoms with Gasteiger partial charge < -0.3 is 0 Å². The molecule has 0 atom stereocenters. The first kappa shape index (κ1) is 14.7. The van der Waals surface area contributed by atoms with Crippen LogP contribution < -0.4 is 10.6 Å². The number of aromatic nitrogens is 2. The average molecular weight is 334 g/mol. The number of nitrogens with zero attached hydrogens (tertiary/aromatic N) is 2. The molecule has 3 aromatic carbocycles. The molecule has 0 aliphatic carbocycles. The van der Waals surface area contributed by atoms with Gasteiger partial charge >= 0.3 is 10.6 Å². The Hall–Kier alpha value is -2.92. The first-order valence-corrected chi connectivity index (χ1v) is 8.36. The fourth-order valence-corrected chi connectivity index (χ4v) is 3.51. The smallest absolute Gasteiger partial charge is 0.255 e. The molecule has 4 aromatic rings. The summed E-state index contributed by atoms with van der Waals surface area (Å²) in [6.45, 7) is 0.287. The van der Waals surface area contributed by atoms with Gasteiger partial charge in [-0.05, 0) is 28.5 Å². The molecule has 0 saturated heterocycles. The topological polar surface area (TPSA) is 44.0 Å². The maximum atomic E-state index is 12.7. The molecule has 0 unspecified atom stereocenters. The molecule has 0 aliphatic rings. The lowest BCUT2D eigenvalue weighted by Crippen LogP contribution is -2.28. The highest BCUT2D eigenvalue weighted by Gasteiger charge is 2.12. The van der Waals surface area contributed by atoms with Crippen molar-refractivity contribution in [3.63, 3.8) is 0 Å². The van der Waals surface area contributed by atoms with Crippen LogP contribution in [0.2, 0.25) is 0 Å². The molecule has 1 heterocycles. The van der Waals surface area contributed by atoms with Crippen molar-refractivity contribution in [1.29, 1.82) is 0 Å². The lowest BCUT2D eigenvalue weighted by atomic mass is 10.1. The fourth-order valence-electron chi connectivity index (χ4n) is 2.72. The van der Waals surface area contributed by atoms with Crippen LogP contribution in [0.25, 0.3) is 16.5 Å². The maximum Gasteiger partial charge on any atom is 0.346 e. The Kier molecular flexibility index (Phi) is 3.63. The van der Waals surface area contributed by atoms with E-state index in [0.717, 1.165) is 27.9 Å². The molecular weight excluding hydrogens is 320 g/mol. The molecule has 4 nitrogen and oxygen atoms in total. The van der Waals surface area contributed by atoms with Crippen molar-refractivity contribution in [2.24, 2.45) is 0 Å². The van der Waals surface area contributed by atoms with Gasteiger partial charge in [-0.25, -0.2) is 13.3 Å². The van der Waals surface area contributed by atoms with E-state index in [-0.39, 0.29) is 17.1 Å². The molecule has 1 aromatic heterocycles. The van der Waals surface area contributed by atoms with Gasteiger partial charge in [0.05, 0.1) is 12.2 Å². The van der Waals surface area contributed by atoms with Gasteiger partial charge in [0.2, 0.25) is 0 Å². The van der Waals surface area contributed by atoms with E-state index in [0.29, 0.717) is 5.69 Å². The molecule has 0 N–H and O–H groups in total. The summed E-state index contributed by atoms with van der Waals surface area (Å²) in [5.41, 5.74) is 1.34. The standard InChI is InChI=1S/C19H14N2O2S/c22-18-20(13-14-6-2-1-3-7-14)19(23)24-21(18)17-11-10-15-8-4-5-9-16(15)12-17/h1-12H,13H2. The van der Waals surface area contributed by atoms with Crippen molar-refractivity contribution in [3.05, 3.63) is 98.5 Å². The summed E-state index contributed by atoms with van der Waals surface area (Å²) in [6.07, 6.45) is 0. The predicted molar refractivity (Wildman–Crippen MR) is 97.2 cm³/mol. The highest BCUT2D eigenvalue weighted by molar-refractivity contribution is 7.03.